The summed E-state index contributed by atoms with van der Waals surface area (Å²) in [6, 6.07) is 8.10. The van der Waals surface area contributed by atoms with Crippen LogP contribution in [0.4, 0.5) is 13.2 Å². The smallest absolute Gasteiger partial charge is 0.334 e. The number of rotatable bonds is 3. The third-order valence-electron chi connectivity index (χ3n) is 6.54. The lowest BCUT2D eigenvalue weighted by Gasteiger charge is -2.34. The number of benzene rings is 1. The van der Waals surface area contributed by atoms with Crippen molar-refractivity contribution in [3.8, 4) is 0 Å². The molecule has 3 aliphatic rings. The Kier molecular flexibility index (Phi) is 5.08. The molecule has 2 aromatic rings. The van der Waals surface area contributed by atoms with Gasteiger partial charge in [0.2, 0.25) is 5.91 Å². The summed E-state index contributed by atoms with van der Waals surface area (Å²) in [6.45, 7) is 4.68. The molecule has 1 saturated heterocycles. The molecule has 0 N–H and O–H groups in total. The Morgan fingerprint density at radius 1 is 1.06 bits per heavy atom. The first kappa shape index (κ1) is 21.1. The maximum Gasteiger partial charge on any atom is 0.401 e. The molecule has 1 aromatic heterocycles. The molecule has 5 nitrogen and oxygen atoms in total. The van der Waals surface area contributed by atoms with E-state index in [2.05, 4.69) is 17.1 Å². The molecule has 1 fully saturated rings. The van der Waals surface area contributed by atoms with Gasteiger partial charge in [-0.2, -0.15) is 13.2 Å². The zero-order chi connectivity index (χ0) is 22.6. The predicted octanol–water partition coefficient (Wildman–Crippen LogP) is 3.57. The van der Waals surface area contributed by atoms with E-state index in [1.807, 2.05) is 26.0 Å². The van der Waals surface area contributed by atoms with Crippen LogP contribution in [0.5, 0.6) is 0 Å². The van der Waals surface area contributed by atoms with Crippen molar-refractivity contribution in [3.63, 3.8) is 0 Å². The quantitative estimate of drug-likeness (QED) is 0.730. The zero-order valence-electron chi connectivity index (χ0n) is 18.2. The number of pyridine rings is 1. The minimum absolute atomic E-state index is 0.00386. The number of amides is 1. The Morgan fingerprint density at radius 3 is 2.53 bits per heavy atom. The Morgan fingerprint density at radius 2 is 1.81 bits per heavy atom. The fourth-order valence-corrected chi connectivity index (χ4v) is 5.20. The average Bonchev–Trinajstić information content (AvgIpc) is 3.30. The van der Waals surface area contributed by atoms with Crippen LogP contribution >= 0.6 is 0 Å². The van der Waals surface area contributed by atoms with Gasteiger partial charge in [-0.3, -0.25) is 19.7 Å². The monoisotopic (exact) mass is 442 g/mol. The summed E-state index contributed by atoms with van der Waals surface area (Å²) in [5, 5.41) is 0. The van der Waals surface area contributed by atoms with Gasteiger partial charge in [0.1, 0.15) is 0 Å². The molecule has 0 saturated carbocycles. The molecule has 0 spiro atoms. The van der Waals surface area contributed by atoms with Crippen LogP contribution in [-0.2, 0) is 24.3 Å². The summed E-state index contributed by atoms with van der Waals surface area (Å²) in [4.78, 5) is 25.2. The second-order valence-corrected chi connectivity index (χ2v) is 9.07. The molecule has 8 heteroatoms. The zero-order valence-corrected chi connectivity index (χ0v) is 18.2. The van der Waals surface area contributed by atoms with Gasteiger partial charge in [0, 0.05) is 48.2 Å². The third kappa shape index (κ3) is 4.03. The molecule has 0 radical (unpaired) electrons. The lowest BCUT2D eigenvalue weighted by atomic mass is 9.90. The summed E-state index contributed by atoms with van der Waals surface area (Å²) in [5.41, 5.74) is 8.13. The van der Waals surface area contributed by atoms with Gasteiger partial charge in [-0.15, -0.1) is 0 Å². The maximum absolute atomic E-state index is 12.8. The van der Waals surface area contributed by atoms with Crippen molar-refractivity contribution in [3.05, 3.63) is 63.5 Å². The van der Waals surface area contributed by atoms with Crippen LogP contribution in [0.2, 0.25) is 0 Å². The van der Waals surface area contributed by atoms with E-state index in [1.165, 1.54) is 4.90 Å². The molecule has 5 rings (SSSR count). The van der Waals surface area contributed by atoms with Gasteiger partial charge in [0.15, 0.2) is 0 Å². The first-order chi connectivity index (χ1) is 15.2. The molecule has 1 atom stereocenters. The molecule has 1 aromatic carbocycles. The van der Waals surface area contributed by atoms with Gasteiger partial charge in [-0.05, 0) is 55.2 Å². The Hall–Kier alpha value is -2.74. The summed E-state index contributed by atoms with van der Waals surface area (Å²) in [6.07, 6.45) is -3.35. The van der Waals surface area contributed by atoms with E-state index in [-0.39, 0.29) is 18.5 Å². The van der Waals surface area contributed by atoms with Crippen molar-refractivity contribution in [2.45, 2.75) is 52.0 Å². The lowest BCUT2D eigenvalue weighted by molar-refractivity contribution is -0.144. The largest absolute Gasteiger partial charge is 0.401 e. The SMILES string of the molecule is Cc1cc(C2=NCc3cc4c(cc32)CN([C@H]2CCN(CC(F)(F)F)C2)C(=O)C4)cc(C)n1. The lowest BCUT2D eigenvalue weighted by Crippen LogP contribution is -2.45. The number of carbonyl (C=O) groups is 1. The molecule has 0 bridgehead atoms. The van der Waals surface area contributed by atoms with Gasteiger partial charge >= 0.3 is 6.18 Å². The van der Waals surface area contributed by atoms with Gasteiger partial charge in [-0.1, -0.05) is 6.07 Å². The van der Waals surface area contributed by atoms with Crippen LogP contribution in [0.1, 0.15) is 45.6 Å². The summed E-state index contributed by atoms with van der Waals surface area (Å²) >= 11 is 0. The Labute approximate surface area is 185 Å². The van der Waals surface area contributed by atoms with Crippen LogP contribution in [0.15, 0.2) is 29.3 Å². The highest BCUT2D eigenvalue weighted by Gasteiger charge is 2.38. The highest BCUT2D eigenvalue weighted by Crippen LogP contribution is 2.32. The second kappa shape index (κ2) is 7.69. The van der Waals surface area contributed by atoms with E-state index in [4.69, 9.17) is 4.99 Å². The molecule has 0 aliphatic carbocycles. The number of hydrogen-bond acceptors (Lipinski definition) is 4. The van der Waals surface area contributed by atoms with Gasteiger partial charge < -0.3 is 4.90 Å². The molecule has 0 unspecified atom stereocenters. The standard InChI is InChI=1S/C24H25F3N4O/c1-14-5-17(6-15(2)29-14)23-21-8-19-11-31(20-3-4-30(12-20)13-24(25,26)27)22(32)9-16(19)7-18(21)10-28-23/h5-8,20H,3-4,9-13H2,1-2H3/t20-/m0/s1. The van der Waals surface area contributed by atoms with Crippen molar-refractivity contribution in [1.29, 1.82) is 0 Å². The van der Waals surface area contributed by atoms with E-state index in [0.717, 1.165) is 44.9 Å². The number of aryl methyl sites for hydroxylation is 2. The first-order valence-electron chi connectivity index (χ1n) is 10.9. The van der Waals surface area contributed by atoms with E-state index >= 15 is 0 Å². The second-order valence-electron chi connectivity index (χ2n) is 9.07. The van der Waals surface area contributed by atoms with Crippen LogP contribution < -0.4 is 0 Å². The minimum Gasteiger partial charge on any atom is -0.334 e. The molecule has 168 valence electrons. The van der Waals surface area contributed by atoms with Crippen molar-refractivity contribution in [1.82, 2.24) is 14.8 Å². The predicted molar refractivity (Wildman–Crippen MR) is 115 cm³/mol. The number of fused-ring (bicyclic) bond motifs is 2. The molecule has 1 amide bonds. The fourth-order valence-electron chi connectivity index (χ4n) is 5.20. The molecule has 4 heterocycles. The van der Waals surface area contributed by atoms with Crippen molar-refractivity contribution >= 4 is 11.6 Å². The Bertz CT molecular complexity index is 1100. The number of alkyl halides is 3. The highest BCUT2D eigenvalue weighted by molar-refractivity contribution is 6.15. The molecular formula is C24H25F3N4O. The number of likely N-dealkylation sites (tertiary alicyclic amines) is 1. The Balaban J connectivity index is 1.39. The van der Waals surface area contributed by atoms with Gasteiger partial charge in [0.05, 0.1) is 25.2 Å². The molecule has 3 aliphatic heterocycles. The van der Waals surface area contributed by atoms with E-state index in [1.54, 1.807) is 4.90 Å². The number of carbonyl (C=O) groups excluding carboxylic acids is 1. The molecular weight excluding hydrogens is 417 g/mol. The fraction of sp³-hybridized carbons (Fsp3) is 0.458. The normalized spacial score (nSPS) is 21.0. The first-order valence-corrected chi connectivity index (χ1v) is 10.9. The number of aliphatic imine (C=N–C) groups is 1. The summed E-state index contributed by atoms with van der Waals surface area (Å²) < 4.78 is 38.3. The number of hydrogen-bond donors (Lipinski definition) is 0. The highest BCUT2D eigenvalue weighted by atomic mass is 19.4. The number of nitrogens with zero attached hydrogens (tertiary/aromatic N) is 4. The topological polar surface area (TPSA) is 48.8 Å². The van der Waals surface area contributed by atoms with Crippen molar-refractivity contribution in [2.24, 2.45) is 4.99 Å². The van der Waals surface area contributed by atoms with E-state index < -0.39 is 12.7 Å². The van der Waals surface area contributed by atoms with E-state index in [9.17, 15) is 18.0 Å². The van der Waals surface area contributed by atoms with Crippen LogP contribution in [0.25, 0.3) is 0 Å². The van der Waals surface area contributed by atoms with Crippen LogP contribution in [0.3, 0.4) is 0 Å². The van der Waals surface area contributed by atoms with Gasteiger partial charge in [-0.25, -0.2) is 0 Å². The van der Waals surface area contributed by atoms with Gasteiger partial charge in [0.25, 0.3) is 0 Å². The van der Waals surface area contributed by atoms with Crippen LogP contribution in [0, 0.1) is 13.8 Å². The summed E-state index contributed by atoms with van der Waals surface area (Å²) in [7, 11) is 0. The van der Waals surface area contributed by atoms with Crippen LogP contribution in [-0.4, -0.2) is 58.3 Å². The number of halogens is 3. The average molecular weight is 442 g/mol. The number of aromatic nitrogens is 1. The minimum atomic E-state index is -4.21. The van der Waals surface area contributed by atoms with Crippen molar-refractivity contribution in [2.75, 3.05) is 19.6 Å². The molecule has 32 heavy (non-hydrogen) atoms. The van der Waals surface area contributed by atoms with E-state index in [0.29, 0.717) is 32.5 Å². The van der Waals surface area contributed by atoms with Crippen molar-refractivity contribution < 1.29 is 18.0 Å². The summed E-state index contributed by atoms with van der Waals surface area (Å²) in [5.74, 6) is -0.00386. The third-order valence-corrected chi connectivity index (χ3v) is 6.54. The maximum atomic E-state index is 12.8.